The molecule has 0 saturated heterocycles. The Kier molecular flexibility index (Phi) is 3.94. The molecule has 0 spiro atoms. The number of rotatable bonds is 4. The van der Waals surface area contributed by atoms with E-state index in [1.54, 1.807) is 0 Å². The molecule has 0 aliphatic carbocycles. The van der Waals surface area contributed by atoms with Gasteiger partial charge in [-0.1, -0.05) is 0 Å². The molecule has 2 unspecified atom stereocenters. The number of hydrogen-bond donors (Lipinski definition) is 1. The minimum absolute atomic E-state index is 1.20. The summed E-state index contributed by atoms with van der Waals surface area (Å²) in [6.45, 7) is 3.64. The first-order valence-electron chi connectivity index (χ1n) is 3.61. The molecule has 0 radical (unpaired) electrons. The third-order valence-electron chi connectivity index (χ3n) is 2.24. The Morgan fingerprint density at radius 3 is 1.46 bits per heavy atom. The van der Waals surface area contributed by atoms with Crippen molar-refractivity contribution in [1.82, 2.24) is 0 Å². The summed E-state index contributed by atoms with van der Waals surface area (Å²) in [6.07, 6.45) is 0. The lowest BCUT2D eigenvalue weighted by Gasteiger charge is -2.32. The maximum absolute atomic E-state index is 11.7. The predicted molar refractivity (Wildman–Crippen MR) is 51.7 cm³/mol. The van der Waals surface area contributed by atoms with Crippen LogP contribution in [-0.2, 0) is 18.2 Å². The van der Waals surface area contributed by atoms with Crippen LogP contribution < -0.4 is 0 Å². The van der Waals surface area contributed by atoms with Crippen LogP contribution in [-0.4, -0.2) is 37.7 Å². The summed E-state index contributed by atoms with van der Waals surface area (Å²) in [6, 6.07) is 0. The Bertz CT molecular complexity index is 246. The molecule has 0 bridgehead atoms. The number of aliphatic hydroxyl groups is 1. The van der Waals surface area contributed by atoms with Crippen molar-refractivity contribution in [2.24, 2.45) is 0 Å². The second kappa shape index (κ2) is 3.84. The Labute approximate surface area is 78.3 Å². The average molecular weight is 230 g/mol. The molecule has 0 aliphatic rings. The fourth-order valence-electron chi connectivity index (χ4n) is 0.676. The lowest BCUT2D eigenvalue weighted by atomic mass is 10.9. The number of hydrogen-bond acceptors (Lipinski definition) is 5. The molecule has 0 amide bonds. The van der Waals surface area contributed by atoms with Gasteiger partial charge in [0, 0.05) is 27.5 Å². The molecule has 80 valence electrons. The van der Waals surface area contributed by atoms with Crippen molar-refractivity contribution in [3.63, 3.8) is 0 Å². The standard InChI is InChI=1S/C6H16O5P2/c1-6(7,12(4,8)10-2)13(5,9)11-3/h7H,1-5H3. The van der Waals surface area contributed by atoms with E-state index in [9.17, 15) is 14.2 Å². The zero-order chi connectivity index (χ0) is 10.9. The Hall–Kier alpha value is 0.340. The van der Waals surface area contributed by atoms with Crippen LogP contribution in [0.1, 0.15) is 6.92 Å². The molecule has 0 fully saturated rings. The van der Waals surface area contributed by atoms with Crippen molar-refractivity contribution >= 4 is 14.7 Å². The molecule has 0 aliphatic heterocycles. The van der Waals surface area contributed by atoms with Crippen LogP contribution in [0.2, 0.25) is 0 Å². The maximum atomic E-state index is 11.7. The molecule has 5 nitrogen and oxygen atoms in total. The fourth-order valence-corrected chi connectivity index (χ4v) is 4.50. The molecule has 13 heavy (non-hydrogen) atoms. The highest BCUT2D eigenvalue weighted by atomic mass is 31.2. The van der Waals surface area contributed by atoms with Gasteiger partial charge < -0.3 is 14.2 Å². The normalized spacial score (nSPS) is 25.7. The van der Waals surface area contributed by atoms with E-state index in [2.05, 4.69) is 9.05 Å². The topological polar surface area (TPSA) is 72.8 Å². The van der Waals surface area contributed by atoms with Gasteiger partial charge >= 0.3 is 0 Å². The van der Waals surface area contributed by atoms with Gasteiger partial charge in [0.05, 0.1) is 0 Å². The van der Waals surface area contributed by atoms with Gasteiger partial charge in [0.1, 0.15) is 0 Å². The lowest BCUT2D eigenvalue weighted by molar-refractivity contribution is 0.177. The molecule has 1 N–H and O–H groups in total. The Morgan fingerprint density at radius 2 is 1.31 bits per heavy atom. The second-order valence-corrected chi connectivity index (χ2v) is 9.24. The van der Waals surface area contributed by atoms with E-state index in [1.807, 2.05) is 0 Å². The van der Waals surface area contributed by atoms with E-state index in [1.165, 1.54) is 34.5 Å². The summed E-state index contributed by atoms with van der Waals surface area (Å²) in [7, 11) is -4.30. The van der Waals surface area contributed by atoms with Crippen LogP contribution in [0.25, 0.3) is 0 Å². The molecule has 0 saturated carbocycles. The van der Waals surface area contributed by atoms with Crippen LogP contribution in [0.4, 0.5) is 0 Å². The van der Waals surface area contributed by atoms with Crippen LogP contribution >= 0.6 is 14.7 Å². The molecule has 7 heteroatoms. The first-order chi connectivity index (χ1) is 5.62. The second-order valence-electron chi connectivity index (χ2n) is 3.03. The largest absolute Gasteiger partial charge is 0.371 e. The first kappa shape index (κ1) is 13.3. The summed E-state index contributed by atoms with van der Waals surface area (Å²) in [5.74, 6) is 0. The highest BCUT2D eigenvalue weighted by Crippen LogP contribution is 2.71. The van der Waals surface area contributed by atoms with Gasteiger partial charge in [-0.25, -0.2) is 0 Å². The van der Waals surface area contributed by atoms with E-state index >= 15 is 0 Å². The highest BCUT2D eigenvalue weighted by molar-refractivity contribution is 7.77. The highest BCUT2D eigenvalue weighted by Gasteiger charge is 2.52. The van der Waals surface area contributed by atoms with Gasteiger partial charge in [-0.3, -0.25) is 9.13 Å². The fraction of sp³-hybridized carbons (Fsp3) is 1.00. The van der Waals surface area contributed by atoms with Crippen LogP contribution in [0.3, 0.4) is 0 Å². The molecule has 0 rings (SSSR count). The summed E-state index contributed by atoms with van der Waals surface area (Å²) < 4.78 is 32.7. The molecule has 0 aromatic rings. The summed E-state index contributed by atoms with van der Waals surface area (Å²) in [4.78, 5) is 0. The average Bonchev–Trinajstić information content (AvgIpc) is 2.03. The SMILES string of the molecule is COP(C)(=O)C(C)(O)P(C)(=O)OC. The van der Waals surface area contributed by atoms with Gasteiger partial charge in [0.15, 0.2) is 0 Å². The Morgan fingerprint density at radius 1 is 1.08 bits per heavy atom. The molecular weight excluding hydrogens is 214 g/mol. The van der Waals surface area contributed by atoms with Crippen molar-refractivity contribution in [3.05, 3.63) is 0 Å². The van der Waals surface area contributed by atoms with Gasteiger partial charge in [0.25, 0.3) is 0 Å². The first-order valence-corrected chi connectivity index (χ1v) is 7.76. The summed E-state index contributed by atoms with van der Waals surface area (Å²) in [5, 5.41) is 7.85. The summed E-state index contributed by atoms with van der Waals surface area (Å²) in [5.41, 5.74) is 0. The van der Waals surface area contributed by atoms with Gasteiger partial charge in [-0.15, -0.1) is 0 Å². The molecular formula is C6H16O5P2. The minimum atomic E-state index is -3.35. The third-order valence-corrected chi connectivity index (χ3v) is 8.89. The zero-order valence-electron chi connectivity index (χ0n) is 8.47. The van der Waals surface area contributed by atoms with Crippen molar-refractivity contribution in [3.8, 4) is 0 Å². The van der Waals surface area contributed by atoms with E-state index < -0.39 is 19.8 Å². The smallest absolute Gasteiger partial charge is 0.239 e. The maximum Gasteiger partial charge on any atom is 0.239 e. The van der Waals surface area contributed by atoms with Crippen LogP contribution in [0, 0.1) is 0 Å². The van der Waals surface area contributed by atoms with Crippen molar-refractivity contribution < 1.29 is 23.3 Å². The van der Waals surface area contributed by atoms with Crippen LogP contribution in [0.15, 0.2) is 0 Å². The lowest BCUT2D eigenvalue weighted by Crippen LogP contribution is -2.25. The van der Waals surface area contributed by atoms with E-state index in [-0.39, 0.29) is 0 Å². The van der Waals surface area contributed by atoms with E-state index in [4.69, 9.17) is 0 Å². The Balaban J connectivity index is 5.21. The predicted octanol–water partition coefficient (Wildman–Crippen LogP) is 1.76. The van der Waals surface area contributed by atoms with Gasteiger partial charge in [0.2, 0.25) is 19.8 Å². The molecule has 2 atom stereocenters. The van der Waals surface area contributed by atoms with E-state index in [0.29, 0.717) is 0 Å². The monoisotopic (exact) mass is 230 g/mol. The quantitative estimate of drug-likeness (QED) is 0.745. The van der Waals surface area contributed by atoms with Gasteiger partial charge in [-0.05, 0) is 6.92 Å². The van der Waals surface area contributed by atoms with Gasteiger partial charge in [-0.2, -0.15) is 0 Å². The molecule has 0 aromatic carbocycles. The summed E-state index contributed by atoms with van der Waals surface area (Å²) >= 11 is 0. The van der Waals surface area contributed by atoms with Crippen LogP contribution in [0.5, 0.6) is 0 Å². The third kappa shape index (κ3) is 2.23. The molecule has 0 heterocycles. The van der Waals surface area contributed by atoms with Crippen molar-refractivity contribution in [2.75, 3.05) is 27.5 Å². The minimum Gasteiger partial charge on any atom is -0.371 e. The zero-order valence-corrected chi connectivity index (χ0v) is 10.3. The molecule has 0 aromatic heterocycles. The van der Waals surface area contributed by atoms with Crippen molar-refractivity contribution in [1.29, 1.82) is 0 Å². The van der Waals surface area contributed by atoms with E-state index in [0.717, 1.165) is 0 Å². The van der Waals surface area contributed by atoms with Crippen molar-refractivity contribution in [2.45, 2.75) is 12.0 Å².